The van der Waals surface area contributed by atoms with Crippen molar-refractivity contribution in [2.45, 2.75) is 0 Å². The van der Waals surface area contributed by atoms with Gasteiger partial charge in [0.05, 0.1) is 13.3 Å². The van der Waals surface area contributed by atoms with E-state index in [1.807, 2.05) is 0 Å². The highest BCUT2D eigenvalue weighted by Crippen LogP contribution is 2.12. The van der Waals surface area contributed by atoms with E-state index in [4.69, 9.17) is 4.74 Å². The van der Waals surface area contributed by atoms with E-state index >= 15 is 0 Å². The number of benzene rings is 1. The summed E-state index contributed by atoms with van der Waals surface area (Å²) in [4.78, 5) is 11.8. The fourth-order valence-corrected chi connectivity index (χ4v) is 1.34. The van der Waals surface area contributed by atoms with Gasteiger partial charge < -0.3 is 10.1 Å². The Kier molecular flexibility index (Phi) is 3.04. The number of ether oxygens (including phenoxy) is 1. The number of aromatic nitrogens is 3. The summed E-state index contributed by atoms with van der Waals surface area (Å²) in [7, 11) is 3.31. The van der Waals surface area contributed by atoms with E-state index in [2.05, 4.69) is 15.6 Å². The number of aryl methyl sites for hydroxylation is 1. The molecule has 17 heavy (non-hydrogen) atoms. The van der Waals surface area contributed by atoms with Gasteiger partial charge in [0.2, 0.25) is 0 Å². The van der Waals surface area contributed by atoms with E-state index in [-0.39, 0.29) is 5.91 Å². The van der Waals surface area contributed by atoms with E-state index in [0.29, 0.717) is 17.1 Å². The van der Waals surface area contributed by atoms with E-state index in [1.165, 1.54) is 4.68 Å². The standard InChI is InChI=1S/C11H12N4O2/c1-15-7-10(13-14-15)12-11(16)8-3-5-9(17-2)6-4-8/h3-7H,1-2H3,(H,12,16). The number of carbonyl (C=O) groups excluding carboxylic acids is 1. The van der Waals surface area contributed by atoms with E-state index in [1.54, 1.807) is 44.6 Å². The van der Waals surface area contributed by atoms with Crippen molar-refractivity contribution in [3.05, 3.63) is 36.0 Å². The molecule has 2 aromatic rings. The van der Waals surface area contributed by atoms with Crippen LogP contribution in [-0.4, -0.2) is 28.0 Å². The summed E-state index contributed by atoms with van der Waals surface area (Å²) in [6.45, 7) is 0. The molecular weight excluding hydrogens is 220 g/mol. The van der Waals surface area contributed by atoms with Crippen molar-refractivity contribution in [3.63, 3.8) is 0 Å². The molecule has 0 aliphatic heterocycles. The number of amides is 1. The molecule has 1 aromatic heterocycles. The SMILES string of the molecule is COc1ccc(C(=O)Nc2cn(C)nn2)cc1. The molecular formula is C11H12N4O2. The van der Waals surface area contributed by atoms with Crippen LogP contribution in [0.15, 0.2) is 30.5 Å². The second-order valence-corrected chi connectivity index (χ2v) is 3.46. The molecule has 6 heteroatoms. The average Bonchev–Trinajstić information content (AvgIpc) is 2.75. The third kappa shape index (κ3) is 2.60. The molecule has 88 valence electrons. The maximum Gasteiger partial charge on any atom is 0.256 e. The number of hydrogen-bond donors (Lipinski definition) is 1. The van der Waals surface area contributed by atoms with Crippen LogP contribution in [0.2, 0.25) is 0 Å². The molecule has 0 saturated heterocycles. The first-order valence-electron chi connectivity index (χ1n) is 5.01. The van der Waals surface area contributed by atoms with Gasteiger partial charge in [0.1, 0.15) is 5.75 Å². The molecule has 2 rings (SSSR count). The van der Waals surface area contributed by atoms with Crippen LogP contribution in [0.5, 0.6) is 5.75 Å². The van der Waals surface area contributed by atoms with Crippen molar-refractivity contribution in [2.24, 2.45) is 7.05 Å². The normalized spacial score (nSPS) is 10.0. The third-order valence-electron chi connectivity index (χ3n) is 2.20. The van der Waals surface area contributed by atoms with Crippen molar-refractivity contribution < 1.29 is 9.53 Å². The fraction of sp³-hybridized carbons (Fsp3) is 0.182. The van der Waals surface area contributed by atoms with Gasteiger partial charge in [0.25, 0.3) is 5.91 Å². The number of nitrogens with one attached hydrogen (secondary N) is 1. The van der Waals surface area contributed by atoms with Crippen molar-refractivity contribution in [2.75, 3.05) is 12.4 Å². The Bertz CT molecular complexity index is 519. The molecule has 0 aliphatic carbocycles. The molecule has 1 aromatic carbocycles. The Labute approximate surface area is 98.2 Å². The highest BCUT2D eigenvalue weighted by Gasteiger charge is 2.07. The number of anilines is 1. The van der Waals surface area contributed by atoms with Gasteiger partial charge in [-0.05, 0) is 24.3 Å². The lowest BCUT2D eigenvalue weighted by molar-refractivity contribution is 0.102. The van der Waals surface area contributed by atoms with Gasteiger partial charge >= 0.3 is 0 Å². The number of nitrogens with zero attached hydrogens (tertiary/aromatic N) is 3. The van der Waals surface area contributed by atoms with Crippen LogP contribution in [0.4, 0.5) is 5.82 Å². The van der Waals surface area contributed by atoms with Crippen LogP contribution in [0.3, 0.4) is 0 Å². The molecule has 1 amide bonds. The van der Waals surface area contributed by atoms with Crippen LogP contribution >= 0.6 is 0 Å². The van der Waals surface area contributed by atoms with Crippen LogP contribution in [-0.2, 0) is 7.05 Å². The molecule has 0 atom stereocenters. The Morgan fingerprint density at radius 2 is 2.06 bits per heavy atom. The molecule has 1 heterocycles. The highest BCUT2D eigenvalue weighted by atomic mass is 16.5. The van der Waals surface area contributed by atoms with Crippen LogP contribution in [0.25, 0.3) is 0 Å². The number of carbonyl (C=O) groups is 1. The van der Waals surface area contributed by atoms with Crippen molar-refractivity contribution in [1.82, 2.24) is 15.0 Å². The first-order valence-corrected chi connectivity index (χ1v) is 5.01. The van der Waals surface area contributed by atoms with E-state index in [9.17, 15) is 4.79 Å². The minimum atomic E-state index is -0.229. The first kappa shape index (κ1) is 11.1. The molecule has 0 aliphatic rings. The molecule has 1 N–H and O–H groups in total. The third-order valence-corrected chi connectivity index (χ3v) is 2.20. The summed E-state index contributed by atoms with van der Waals surface area (Å²) in [5, 5.41) is 10.1. The Morgan fingerprint density at radius 3 is 2.59 bits per heavy atom. The minimum absolute atomic E-state index is 0.229. The summed E-state index contributed by atoms with van der Waals surface area (Å²) in [6, 6.07) is 6.83. The van der Waals surface area contributed by atoms with Gasteiger partial charge in [0, 0.05) is 12.6 Å². The number of methoxy groups -OCH3 is 1. The predicted octanol–water partition coefficient (Wildman–Crippen LogP) is 1.08. The molecule has 0 fully saturated rings. The maximum absolute atomic E-state index is 11.8. The quantitative estimate of drug-likeness (QED) is 0.859. The summed E-state index contributed by atoms with van der Waals surface area (Å²) in [6.07, 6.45) is 1.63. The van der Waals surface area contributed by atoms with Crippen LogP contribution in [0.1, 0.15) is 10.4 Å². The van der Waals surface area contributed by atoms with Gasteiger partial charge in [-0.2, -0.15) is 0 Å². The zero-order chi connectivity index (χ0) is 12.3. The lowest BCUT2D eigenvalue weighted by Gasteiger charge is -2.02. The molecule has 0 saturated carbocycles. The van der Waals surface area contributed by atoms with Gasteiger partial charge in [-0.25, -0.2) is 0 Å². The van der Waals surface area contributed by atoms with Gasteiger partial charge in [-0.15, -0.1) is 5.10 Å². The second-order valence-electron chi connectivity index (χ2n) is 3.46. The second kappa shape index (κ2) is 4.65. The molecule has 6 nitrogen and oxygen atoms in total. The monoisotopic (exact) mass is 232 g/mol. The van der Waals surface area contributed by atoms with E-state index < -0.39 is 0 Å². The fourth-order valence-electron chi connectivity index (χ4n) is 1.34. The van der Waals surface area contributed by atoms with Crippen LogP contribution in [0, 0.1) is 0 Å². The Balaban J connectivity index is 2.09. The van der Waals surface area contributed by atoms with Gasteiger partial charge in [0.15, 0.2) is 5.82 Å². The minimum Gasteiger partial charge on any atom is -0.497 e. The predicted molar refractivity (Wildman–Crippen MR) is 62.0 cm³/mol. The Morgan fingerprint density at radius 1 is 1.35 bits per heavy atom. The van der Waals surface area contributed by atoms with Crippen LogP contribution < -0.4 is 10.1 Å². The maximum atomic E-state index is 11.8. The Hall–Kier alpha value is -2.37. The van der Waals surface area contributed by atoms with Gasteiger partial charge in [-0.3, -0.25) is 9.48 Å². The number of hydrogen-bond acceptors (Lipinski definition) is 4. The topological polar surface area (TPSA) is 69.0 Å². The van der Waals surface area contributed by atoms with Crippen molar-refractivity contribution in [3.8, 4) is 5.75 Å². The molecule has 0 spiro atoms. The lowest BCUT2D eigenvalue weighted by Crippen LogP contribution is -2.11. The highest BCUT2D eigenvalue weighted by molar-refractivity contribution is 6.03. The molecule has 0 radical (unpaired) electrons. The summed E-state index contributed by atoms with van der Waals surface area (Å²) >= 11 is 0. The molecule has 0 bridgehead atoms. The lowest BCUT2D eigenvalue weighted by atomic mass is 10.2. The summed E-state index contributed by atoms with van der Waals surface area (Å²) < 4.78 is 6.53. The average molecular weight is 232 g/mol. The summed E-state index contributed by atoms with van der Waals surface area (Å²) in [5.41, 5.74) is 0.538. The van der Waals surface area contributed by atoms with Crippen molar-refractivity contribution >= 4 is 11.7 Å². The van der Waals surface area contributed by atoms with Crippen molar-refractivity contribution in [1.29, 1.82) is 0 Å². The smallest absolute Gasteiger partial charge is 0.256 e. The first-order chi connectivity index (χ1) is 8.19. The zero-order valence-electron chi connectivity index (χ0n) is 9.54. The number of rotatable bonds is 3. The summed E-state index contributed by atoms with van der Waals surface area (Å²) in [5.74, 6) is 0.905. The molecule has 0 unspecified atom stereocenters. The van der Waals surface area contributed by atoms with Gasteiger partial charge in [-0.1, -0.05) is 5.21 Å². The zero-order valence-corrected chi connectivity index (χ0v) is 9.54. The van der Waals surface area contributed by atoms with E-state index in [0.717, 1.165) is 0 Å². The largest absolute Gasteiger partial charge is 0.497 e.